The monoisotopic (exact) mass is 211 g/mol. The van der Waals surface area contributed by atoms with E-state index in [-0.39, 0.29) is 11.3 Å². The summed E-state index contributed by atoms with van der Waals surface area (Å²) in [7, 11) is 0. The minimum Gasteiger partial charge on any atom is -0.508 e. The fourth-order valence-corrected chi connectivity index (χ4v) is 0.898. The largest absolute Gasteiger partial charge is 0.508 e. The summed E-state index contributed by atoms with van der Waals surface area (Å²) >= 11 is 0. The van der Waals surface area contributed by atoms with Crippen LogP contribution in [0.2, 0.25) is 0 Å². The summed E-state index contributed by atoms with van der Waals surface area (Å²) in [4.78, 5) is 21.5. The summed E-state index contributed by atoms with van der Waals surface area (Å²) < 4.78 is 0. The number of amides is 3. The van der Waals surface area contributed by atoms with E-state index in [1.54, 1.807) is 0 Å². The van der Waals surface area contributed by atoms with Gasteiger partial charge in [-0.1, -0.05) is 0 Å². The summed E-state index contributed by atoms with van der Waals surface area (Å²) in [6.45, 7) is 0. The van der Waals surface area contributed by atoms with Crippen LogP contribution in [0.3, 0.4) is 0 Å². The first-order valence-electron chi connectivity index (χ1n) is 3.88. The highest BCUT2D eigenvalue weighted by molar-refractivity contribution is 5.97. The molecule has 0 aromatic heterocycles. The molecule has 0 heterocycles. The number of hydrazine groups is 1. The van der Waals surface area contributed by atoms with E-state index >= 15 is 0 Å². The first kappa shape index (κ1) is 10.6. The van der Waals surface area contributed by atoms with Crippen LogP contribution >= 0.6 is 0 Å². The Morgan fingerprint density at radius 2 is 1.87 bits per heavy atom. The molecule has 0 fully saturated rings. The van der Waals surface area contributed by atoms with Crippen LogP contribution in [0.4, 0.5) is 4.79 Å². The highest BCUT2D eigenvalue weighted by Gasteiger charge is 2.11. The van der Waals surface area contributed by atoms with Crippen molar-refractivity contribution >= 4 is 11.9 Å². The van der Waals surface area contributed by atoms with E-state index in [1.165, 1.54) is 12.1 Å². The third-order valence-corrected chi connectivity index (χ3v) is 1.53. The first-order valence-corrected chi connectivity index (χ1v) is 3.88. The van der Waals surface area contributed by atoms with Gasteiger partial charge in [-0.2, -0.15) is 0 Å². The lowest BCUT2D eigenvalue weighted by Crippen LogP contribution is -2.44. The number of rotatable bonds is 1. The van der Waals surface area contributed by atoms with E-state index in [1.807, 2.05) is 10.9 Å². The van der Waals surface area contributed by atoms with Gasteiger partial charge in [-0.25, -0.2) is 10.2 Å². The second-order valence-corrected chi connectivity index (χ2v) is 2.64. The molecule has 0 bridgehead atoms. The van der Waals surface area contributed by atoms with Crippen molar-refractivity contribution in [1.82, 2.24) is 10.9 Å². The molecule has 0 aliphatic carbocycles. The Labute approximate surface area is 84.5 Å². The average Bonchev–Trinajstić information content (AvgIpc) is 2.14. The minimum absolute atomic E-state index is 0.0958. The molecule has 0 saturated carbocycles. The summed E-state index contributed by atoms with van der Waals surface area (Å²) in [5, 5.41) is 18.2. The molecule has 6 N–H and O–H groups in total. The summed E-state index contributed by atoms with van der Waals surface area (Å²) in [6.07, 6.45) is 0. The number of carbonyl (C=O) groups is 2. The van der Waals surface area contributed by atoms with Crippen LogP contribution in [-0.4, -0.2) is 22.2 Å². The van der Waals surface area contributed by atoms with Crippen LogP contribution in [0.15, 0.2) is 18.2 Å². The Hall–Kier alpha value is -2.44. The van der Waals surface area contributed by atoms with Gasteiger partial charge < -0.3 is 15.9 Å². The van der Waals surface area contributed by atoms with E-state index in [4.69, 9.17) is 10.8 Å². The standard InChI is InChI=1S/C8H9N3O4/c9-8(15)11-10-7(14)5-2-1-4(12)3-6(5)13/h1-3,12-13H,(H,10,14)(H3,9,11,15). The Balaban J connectivity index is 2.78. The molecular formula is C8H9N3O4. The number of phenolic OH excluding ortho intramolecular Hbond substituents is 2. The van der Waals surface area contributed by atoms with Gasteiger partial charge in [-0.3, -0.25) is 10.2 Å². The van der Waals surface area contributed by atoms with Gasteiger partial charge in [-0.05, 0) is 12.1 Å². The number of benzene rings is 1. The van der Waals surface area contributed by atoms with Crippen LogP contribution in [0.5, 0.6) is 11.5 Å². The molecule has 0 atom stereocenters. The molecule has 7 heteroatoms. The number of hydrogen-bond donors (Lipinski definition) is 5. The first-order chi connectivity index (χ1) is 7.00. The lowest BCUT2D eigenvalue weighted by Gasteiger charge is -2.06. The lowest BCUT2D eigenvalue weighted by atomic mass is 10.2. The quantitative estimate of drug-likeness (QED) is 0.398. The molecule has 0 aliphatic rings. The maximum atomic E-state index is 11.3. The molecule has 80 valence electrons. The molecule has 0 aliphatic heterocycles. The highest BCUT2D eigenvalue weighted by Crippen LogP contribution is 2.21. The van der Waals surface area contributed by atoms with Crippen molar-refractivity contribution in [2.45, 2.75) is 0 Å². The fraction of sp³-hybridized carbons (Fsp3) is 0. The van der Waals surface area contributed by atoms with E-state index in [0.717, 1.165) is 6.07 Å². The smallest absolute Gasteiger partial charge is 0.330 e. The second kappa shape index (κ2) is 4.18. The fourth-order valence-electron chi connectivity index (χ4n) is 0.898. The maximum Gasteiger partial charge on any atom is 0.330 e. The topological polar surface area (TPSA) is 125 Å². The molecule has 0 saturated heterocycles. The SMILES string of the molecule is NC(=O)NNC(=O)c1ccc(O)cc1O. The number of aromatic hydroxyl groups is 2. The van der Waals surface area contributed by atoms with Crippen molar-refractivity contribution in [3.8, 4) is 11.5 Å². The van der Waals surface area contributed by atoms with E-state index in [9.17, 15) is 14.7 Å². The molecule has 1 aromatic carbocycles. The summed E-state index contributed by atoms with van der Waals surface area (Å²) in [5.74, 6) is -1.32. The number of phenols is 2. The van der Waals surface area contributed by atoms with E-state index in [0.29, 0.717) is 0 Å². The van der Waals surface area contributed by atoms with Crippen LogP contribution in [0.1, 0.15) is 10.4 Å². The number of primary amides is 1. The van der Waals surface area contributed by atoms with Gasteiger partial charge in [0.1, 0.15) is 11.5 Å². The van der Waals surface area contributed by atoms with Crippen LogP contribution in [0.25, 0.3) is 0 Å². The highest BCUT2D eigenvalue weighted by atomic mass is 16.3. The van der Waals surface area contributed by atoms with Crippen LogP contribution < -0.4 is 16.6 Å². The van der Waals surface area contributed by atoms with Gasteiger partial charge >= 0.3 is 6.03 Å². The normalized spacial score (nSPS) is 9.33. The Bertz CT molecular complexity index is 405. The Morgan fingerprint density at radius 3 is 2.40 bits per heavy atom. The van der Waals surface area contributed by atoms with Crippen molar-refractivity contribution in [3.63, 3.8) is 0 Å². The summed E-state index contributed by atoms with van der Waals surface area (Å²) in [6, 6.07) is 2.49. The van der Waals surface area contributed by atoms with Gasteiger partial charge in [0.25, 0.3) is 5.91 Å². The Kier molecular flexibility index (Phi) is 2.97. The molecule has 1 rings (SSSR count). The van der Waals surface area contributed by atoms with Crippen molar-refractivity contribution in [2.75, 3.05) is 0 Å². The van der Waals surface area contributed by atoms with Crippen molar-refractivity contribution in [1.29, 1.82) is 0 Å². The predicted octanol–water partition coefficient (Wildman–Crippen LogP) is -0.589. The zero-order valence-corrected chi connectivity index (χ0v) is 7.52. The molecule has 0 spiro atoms. The van der Waals surface area contributed by atoms with Gasteiger partial charge in [-0.15, -0.1) is 0 Å². The van der Waals surface area contributed by atoms with Gasteiger partial charge in [0.05, 0.1) is 5.56 Å². The van der Waals surface area contributed by atoms with Crippen molar-refractivity contribution in [3.05, 3.63) is 23.8 Å². The van der Waals surface area contributed by atoms with E-state index in [2.05, 4.69) is 0 Å². The number of nitrogens with one attached hydrogen (secondary N) is 2. The van der Waals surface area contributed by atoms with Gasteiger partial charge in [0.15, 0.2) is 0 Å². The number of nitrogens with two attached hydrogens (primary N) is 1. The Morgan fingerprint density at radius 1 is 1.20 bits per heavy atom. The minimum atomic E-state index is -0.929. The lowest BCUT2D eigenvalue weighted by molar-refractivity contribution is 0.0934. The molecule has 0 unspecified atom stereocenters. The number of carbonyl (C=O) groups excluding carboxylic acids is 2. The molecule has 0 radical (unpaired) electrons. The average molecular weight is 211 g/mol. The maximum absolute atomic E-state index is 11.3. The van der Waals surface area contributed by atoms with E-state index < -0.39 is 17.7 Å². The van der Waals surface area contributed by atoms with Gasteiger partial charge in [0.2, 0.25) is 0 Å². The third kappa shape index (κ3) is 2.76. The molecule has 15 heavy (non-hydrogen) atoms. The van der Waals surface area contributed by atoms with Crippen molar-refractivity contribution < 1.29 is 19.8 Å². The van der Waals surface area contributed by atoms with Gasteiger partial charge in [0, 0.05) is 6.07 Å². The van der Waals surface area contributed by atoms with Crippen LogP contribution in [0, 0.1) is 0 Å². The second-order valence-electron chi connectivity index (χ2n) is 2.64. The number of hydrogen-bond acceptors (Lipinski definition) is 4. The number of urea groups is 1. The van der Waals surface area contributed by atoms with Crippen LogP contribution in [-0.2, 0) is 0 Å². The molecular weight excluding hydrogens is 202 g/mol. The molecule has 7 nitrogen and oxygen atoms in total. The zero-order valence-electron chi connectivity index (χ0n) is 7.52. The zero-order chi connectivity index (χ0) is 11.4. The predicted molar refractivity (Wildman–Crippen MR) is 50.0 cm³/mol. The van der Waals surface area contributed by atoms with Crippen molar-refractivity contribution in [2.24, 2.45) is 5.73 Å². The molecule has 3 amide bonds. The third-order valence-electron chi connectivity index (χ3n) is 1.53. The molecule has 1 aromatic rings. The summed E-state index contributed by atoms with van der Waals surface area (Å²) in [5.41, 5.74) is 8.42.